The Labute approximate surface area is 115 Å². The lowest BCUT2D eigenvalue weighted by atomic mass is 10.1. The first-order chi connectivity index (χ1) is 9.17. The number of carbonyl (C=O) groups is 1. The summed E-state index contributed by atoms with van der Waals surface area (Å²) in [4.78, 5) is 14.1. The summed E-state index contributed by atoms with van der Waals surface area (Å²) in [5, 5.41) is 0. The molecule has 1 aromatic rings. The number of methoxy groups -OCH3 is 1. The minimum atomic E-state index is 0.148. The van der Waals surface area contributed by atoms with Gasteiger partial charge >= 0.3 is 0 Å². The van der Waals surface area contributed by atoms with E-state index in [0.717, 1.165) is 30.6 Å². The van der Waals surface area contributed by atoms with E-state index in [9.17, 15) is 4.79 Å². The van der Waals surface area contributed by atoms with Gasteiger partial charge in [0.2, 0.25) is 5.91 Å². The number of anilines is 1. The minimum absolute atomic E-state index is 0.148. The van der Waals surface area contributed by atoms with E-state index < -0.39 is 0 Å². The van der Waals surface area contributed by atoms with E-state index in [1.54, 1.807) is 7.11 Å². The van der Waals surface area contributed by atoms with Gasteiger partial charge in [0.15, 0.2) is 0 Å². The van der Waals surface area contributed by atoms with Crippen molar-refractivity contribution in [2.45, 2.75) is 26.2 Å². The number of unbranched alkanes of at least 4 members (excludes halogenated alkanes) is 1. The molecule has 4 heteroatoms. The first-order valence-electron chi connectivity index (χ1n) is 6.78. The molecule has 0 spiro atoms. The van der Waals surface area contributed by atoms with Crippen LogP contribution in [0, 0.1) is 0 Å². The summed E-state index contributed by atoms with van der Waals surface area (Å²) in [6, 6.07) is 7.46. The highest BCUT2D eigenvalue weighted by Gasteiger charge is 2.13. The molecule has 0 bridgehead atoms. The zero-order valence-electron chi connectivity index (χ0n) is 11.9. The van der Waals surface area contributed by atoms with Gasteiger partial charge in [-0.15, -0.1) is 0 Å². The average molecular weight is 264 g/mol. The molecule has 0 saturated carbocycles. The first kappa shape index (κ1) is 15.5. The zero-order chi connectivity index (χ0) is 14.1. The number of rotatable bonds is 8. The Kier molecular flexibility index (Phi) is 6.97. The number of benzene rings is 1. The molecule has 106 valence electrons. The number of ether oxygens (including phenoxy) is 1. The van der Waals surface area contributed by atoms with Crippen molar-refractivity contribution in [1.29, 1.82) is 0 Å². The molecule has 1 amide bonds. The number of carbonyl (C=O) groups excluding carboxylic acids is 1. The molecule has 0 heterocycles. The zero-order valence-corrected chi connectivity index (χ0v) is 11.9. The fourth-order valence-corrected chi connectivity index (χ4v) is 1.83. The van der Waals surface area contributed by atoms with Gasteiger partial charge in [-0.05, 0) is 24.1 Å². The maximum Gasteiger partial charge on any atom is 0.227 e. The smallest absolute Gasteiger partial charge is 0.227 e. The van der Waals surface area contributed by atoms with E-state index >= 15 is 0 Å². The predicted octanol–water partition coefficient (Wildman–Crippen LogP) is 2.09. The molecule has 0 aromatic heterocycles. The van der Waals surface area contributed by atoms with Crippen LogP contribution in [0.25, 0.3) is 0 Å². The molecule has 1 aromatic carbocycles. The molecule has 0 aliphatic heterocycles. The van der Waals surface area contributed by atoms with Crippen molar-refractivity contribution >= 4 is 11.6 Å². The maximum atomic E-state index is 12.2. The molecule has 0 fully saturated rings. The molecule has 2 N–H and O–H groups in total. The van der Waals surface area contributed by atoms with Gasteiger partial charge in [-0.2, -0.15) is 0 Å². The topological polar surface area (TPSA) is 55.6 Å². The second-order valence-corrected chi connectivity index (χ2v) is 4.65. The SMILES string of the molecule is CCCCN(CCOC)C(=O)Cc1ccc(N)cc1. The summed E-state index contributed by atoms with van der Waals surface area (Å²) < 4.78 is 5.06. The summed E-state index contributed by atoms with van der Waals surface area (Å²) in [5.74, 6) is 0.148. The van der Waals surface area contributed by atoms with Crippen LogP contribution in [0.4, 0.5) is 5.69 Å². The van der Waals surface area contributed by atoms with Gasteiger partial charge in [-0.25, -0.2) is 0 Å². The highest BCUT2D eigenvalue weighted by Crippen LogP contribution is 2.08. The lowest BCUT2D eigenvalue weighted by Gasteiger charge is -2.22. The fraction of sp³-hybridized carbons (Fsp3) is 0.533. The van der Waals surface area contributed by atoms with E-state index in [2.05, 4.69) is 6.92 Å². The van der Waals surface area contributed by atoms with Crippen LogP contribution in [0.2, 0.25) is 0 Å². The Morgan fingerprint density at radius 2 is 1.95 bits per heavy atom. The van der Waals surface area contributed by atoms with Crippen LogP contribution in [-0.4, -0.2) is 37.6 Å². The Morgan fingerprint density at radius 1 is 1.26 bits per heavy atom. The van der Waals surface area contributed by atoms with Crippen LogP contribution in [0.3, 0.4) is 0 Å². The molecule has 0 aliphatic rings. The summed E-state index contributed by atoms with van der Waals surface area (Å²) in [5.41, 5.74) is 7.36. The number of amides is 1. The van der Waals surface area contributed by atoms with Crippen LogP contribution in [0.5, 0.6) is 0 Å². The minimum Gasteiger partial charge on any atom is -0.399 e. The Balaban J connectivity index is 2.56. The van der Waals surface area contributed by atoms with Gasteiger partial charge in [0.1, 0.15) is 0 Å². The number of nitrogen functional groups attached to an aromatic ring is 1. The summed E-state index contributed by atoms with van der Waals surface area (Å²) >= 11 is 0. The van der Waals surface area contributed by atoms with E-state index in [4.69, 9.17) is 10.5 Å². The second kappa shape index (κ2) is 8.53. The van der Waals surface area contributed by atoms with E-state index in [-0.39, 0.29) is 5.91 Å². The van der Waals surface area contributed by atoms with Crippen LogP contribution in [-0.2, 0) is 16.0 Å². The highest BCUT2D eigenvalue weighted by molar-refractivity contribution is 5.78. The summed E-state index contributed by atoms with van der Waals surface area (Å²) in [6.45, 7) is 4.16. The van der Waals surface area contributed by atoms with E-state index in [0.29, 0.717) is 19.6 Å². The molecule has 0 aliphatic carbocycles. The second-order valence-electron chi connectivity index (χ2n) is 4.65. The molecule has 4 nitrogen and oxygen atoms in total. The molecule has 1 rings (SSSR count). The van der Waals surface area contributed by atoms with E-state index in [1.807, 2.05) is 29.2 Å². The molecule has 0 saturated heterocycles. The van der Waals surface area contributed by atoms with Crippen molar-refractivity contribution in [2.24, 2.45) is 0 Å². The van der Waals surface area contributed by atoms with Gasteiger partial charge in [0, 0.05) is 25.9 Å². The van der Waals surface area contributed by atoms with Gasteiger partial charge in [-0.1, -0.05) is 25.5 Å². The average Bonchev–Trinajstić information content (AvgIpc) is 2.41. The molecule has 0 unspecified atom stereocenters. The van der Waals surface area contributed by atoms with Crippen molar-refractivity contribution < 1.29 is 9.53 Å². The summed E-state index contributed by atoms with van der Waals surface area (Å²) in [6.07, 6.45) is 2.53. The monoisotopic (exact) mass is 264 g/mol. The molecule has 19 heavy (non-hydrogen) atoms. The number of hydrogen-bond acceptors (Lipinski definition) is 3. The Morgan fingerprint density at radius 3 is 2.53 bits per heavy atom. The normalized spacial score (nSPS) is 10.4. The van der Waals surface area contributed by atoms with Crippen LogP contribution < -0.4 is 5.73 Å². The number of nitrogens with two attached hydrogens (primary N) is 1. The van der Waals surface area contributed by atoms with Crippen LogP contribution >= 0.6 is 0 Å². The van der Waals surface area contributed by atoms with Crippen LogP contribution in [0.15, 0.2) is 24.3 Å². The lowest BCUT2D eigenvalue weighted by molar-refractivity contribution is -0.131. The van der Waals surface area contributed by atoms with E-state index in [1.165, 1.54) is 0 Å². The number of hydrogen-bond donors (Lipinski definition) is 1. The molecule has 0 atom stereocenters. The van der Waals surface area contributed by atoms with Crippen molar-refractivity contribution in [1.82, 2.24) is 4.90 Å². The van der Waals surface area contributed by atoms with Gasteiger partial charge in [0.05, 0.1) is 13.0 Å². The third-order valence-electron chi connectivity index (χ3n) is 3.03. The Hall–Kier alpha value is -1.55. The fourth-order valence-electron chi connectivity index (χ4n) is 1.83. The van der Waals surface area contributed by atoms with Crippen molar-refractivity contribution in [3.05, 3.63) is 29.8 Å². The van der Waals surface area contributed by atoms with Gasteiger partial charge in [0.25, 0.3) is 0 Å². The Bertz CT molecular complexity index is 368. The summed E-state index contributed by atoms with van der Waals surface area (Å²) in [7, 11) is 1.66. The molecule has 0 radical (unpaired) electrons. The molecular weight excluding hydrogens is 240 g/mol. The van der Waals surface area contributed by atoms with Crippen molar-refractivity contribution in [3.8, 4) is 0 Å². The van der Waals surface area contributed by atoms with Crippen molar-refractivity contribution in [3.63, 3.8) is 0 Å². The van der Waals surface area contributed by atoms with Gasteiger partial charge < -0.3 is 15.4 Å². The highest BCUT2D eigenvalue weighted by atomic mass is 16.5. The number of nitrogens with zero attached hydrogens (tertiary/aromatic N) is 1. The largest absolute Gasteiger partial charge is 0.399 e. The predicted molar refractivity (Wildman–Crippen MR) is 77.9 cm³/mol. The van der Waals surface area contributed by atoms with Crippen molar-refractivity contribution in [2.75, 3.05) is 32.5 Å². The quantitative estimate of drug-likeness (QED) is 0.731. The third kappa shape index (κ3) is 5.75. The van der Waals surface area contributed by atoms with Crippen LogP contribution in [0.1, 0.15) is 25.3 Å². The standard InChI is InChI=1S/C15H24N2O2/c1-3-4-9-17(10-11-19-2)15(18)12-13-5-7-14(16)8-6-13/h5-8H,3-4,9-12,16H2,1-2H3. The lowest BCUT2D eigenvalue weighted by Crippen LogP contribution is -2.35. The maximum absolute atomic E-state index is 12.2. The first-order valence-corrected chi connectivity index (χ1v) is 6.78. The van der Waals surface area contributed by atoms with Gasteiger partial charge in [-0.3, -0.25) is 4.79 Å². The molecular formula is C15H24N2O2. The third-order valence-corrected chi connectivity index (χ3v) is 3.03.